The van der Waals surface area contributed by atoms with E-state index >= 15 is 0 Å². The standard InChI is InChI=1S/C20H18O6/c21-18(22)11-17(20(24)25)16(15-9-5-2-6-10-15)12-19(23)26-13-14-7-3-1-4-8-14/h1-10H,11-13H2,(H,21,22)(H,24,25). The first-order valence-electron chi connectivity index (χ1n) is 7.89. The normalized spacial score (nSPS) is 11.4. The van der Waals surface area contributed by atoms with E-state index in [0.29, 0.717) is 5.56 Å². The van der Waals surface area contributed by atoms with Crippen LogP contribution >= 0.6 is 0 Å². The van der Waals surface area contributed by atoms with Crippen molar-refractivity contribution in [3.05, 3.63) is 77.4 Å². The van der Waals surface area contributed by atoms with Gasteiger partial charge in [-0.1, -0.05) is 60.7 Å². The minimum absolute atomic E-state index is 0.0586. The van der Waals surface area contributed by atoms with Crippen molar-refractivity contribution in [3.8, 4) is 0 Å². The Kier molecular flexibility index (Phi) is 6.68. The molecule has 0 aliphatic rings. The first-order chi connectivity index (χ1) is 12.5. The van der Waals surface area contributed by atoms with E-state index in [1.54, 1.807) is 42.5 Å². The number of aliphatic carboxylic acids is 2. The SMILES string of the molecule is O=C(O)CC(C(=O)O)=C(CC(=O)OCc1ccccc1)c1ccccc1. The van der Waals surface area contributed by atoms with Crippen LogP contribution in [-0.4, -0.2) is 28.1 Å². The second-order valence-electron chi connectivity index (χ2n) is 5.52. The van der Waals surface area contributed by atoms with Crippen molar-refractivity contribution < 1.29 is 29.3 Å². The van der Waals surface area contributed by atoms with Gasteiger partial charge < -0.3 is 14.9 Å². The molecule has 0 bridgehead atoms. The van der Waals surface area contributed by atoms with Crippen molar-refractivity contribution in [2.24, 2.45) is 0 Å². The first kappa shape index (κ1) is 18.9. The van der Waals surface area contributed by atoms with Crippen molar-refractivity contribution in [2.45, 2.75) is 19.4 Å². The molecule has 0 radical (unpaired) electrons. The van der Waals surface area contributed by atoms with E-state index in [-0.39, 0.29) is 24.2 Å². The van der Waals surface area contributed by atoms with E-state index in [4.69, 9.17) is 9.84 Å². The molecule has 2 N–H and O–H groups in total. The molecule has 6 nitrogen and oxygen atoms in total. The van der Waals surface area contributed by atoms with Gasteiger partial charge in [0.2, 0.25) is 0 Å². The molecule has 26 heavy (non-hydrogen) atoms. The summed E-state index contributed by atoms with van der Waals surface area (Å²) in [4.78, 5) is 34.8. The van der Waals surface area contributed by atoms with Crippen LogP contribution < -0.4 is 0 Å². The lowest BCUT2D eigenvalue weighted by Gasteiger charge is -2.12. The molecule has 6 heteroatoms. The molecule has 134 valence electrons. The Morgan fingerprint density at radius 1 is 0.808 bits per heavy atom. The van der Waals surface area contributed by atoms with Crippen molar-refractivity contribution in [3.63, 3.8) is 0 Å². The molecule has 0 fully saturated rings. The number of carboxylic acids is 2. The fourth-order valence-corrected chi connectivity index (χ4v) is 2.42. The lowest BCUT2D eigenvalue weighted by Crippen LogP contribution is -2.13. The third-order valence-corrected chi connectivity index (χ3v) is 3.64. The molecule has 0 unspecified atom stereocenters. The number of carboxylic acid groups (broad SMARTS) is 2. The maximum atomic E-state index is 12.2. The van der Waals surface area contributed by atoms with Crippen LogP contribution in [0.4, 0.5) is 0 Å². The summed E-state index contributed by atoms with van der Waals surface area (Å²) in [5.74, 6) is -3.28. The Hall–Kier alpha value is -3.41. The van der Waals surface area contributed by atoms with E-state index in [1.807, 2.05) is 18.2 Å². The molecule has 2 rings (SSSR count). The second-order valence-corrected chi connectivity index (χ2v) is 5.52. The number of esters is 1. The summed E-state index contributed by atoms with van der Waals surface area (Å²) in [6.07, 6.45) is -1.02. The number of rotatable bonds is 8. The van der Waals surface area contributed by atoms with Gasteiger partial charge in [-0.15, -0.1) is 0 Å². The average molecular weight is 354 g/mol. The minimum atomic E-state index is -1.37. The highest BCUT2D eigenvalue weighted by atomic mass is 16.5. The molecule has 0 spiro atoms. The Bertz CT molecular complexity index is 809. The zero-order valence-corrected chi connectivity index (χ0v) is 13.9. The number of benzene rings is 2. The van der Waals surface area contributed by atoms with E-state index in [2.05, 4.69) is 0 Å². The molecule has 0 aromatic heterocycles. The lowest BCUT2D eigenvalue weighted by atomic mass is 9.95. The number of hydrogen-bond donors (Lipinski definition) is 2. The zero-order valence-electron chi connectivity index (χ0n) is 13.9. The molecule has 0 aliphatic carbocycles. The van der Waals surface area contributed by atoms with Gasteiger partial charge in [-0.25, -0.2) is 4.79 Å². The average Bonchev–Trinajstić information content (AvgIpc) is 2.64. The molecule has 0 aliphatic heterocycles. The van der Waals surface area contributed by atoms with Crippen molar-refractivity contribution >= 4 is 23.5 Å². The molecule has 2 aromatic carbocycles. The van der Waals surface area contributed by atoms with Gasteiger partial charge in [0.1, 0.15) is 6.61 Å². The summed E-state index contributed by atoms with van der Waals surface area (Å²) in [7, 11) is 0. The van der Waals surface area contributed by atoms with Crippen LogP contribution in [0.3, 0.4) is 0 Å². The van der Waals surface area contributed by atoms with Crippen LogP contribution in [0.2, 0.25) is 0 Å². The Morgan fingerprint density at radius 2 is 1.38 bits per heavy atom. The molecule has 0 saturated heterocycles. The van der Waals surface area contributed by atoms with Gasteiger partial charge in [-0.3, -0.25) is 9.59 Å². The number of hydrogen-bond acceptors (Lipinski definition) is 4. The van der Waals surface area contributed by atoms with Crippen LogP contribution in [-0.2, 0) is 25.7 Å². The monoisotopic (exact) mass is 354 g/mol. The molecule has 0 atom stereocenters. The molecule has 0 saturated carbocycles. The number of carbonyl (C=O) groups excluding carboxylic acids is 1. The number of ether oxygens (including phenoxy) is 1. The van der Waals surface area contributed by atoms with E-state index in [9.17, 15) is 19.5 Å². The summed E-state index contributed by atoms with van der Waals surface area (Å²) in [5, 5.41) is 18.4. The molecule has 0 heterocycles. The topological polar surface area (TPSA) is 101 Å². The highest BCUT2D eigenvalue weighted by Crippen LogP contribution is 2.25. The van der Waals surface area contributed by atoms with Gasteiger partial charge >= 0.3 is 17.9 Å². The number of carbonyl (C=O) groups is 3. The Morgan fingerprint density at radius 3 is 1.92 bits per heavy atom. The highest BCUT2D eigenvalue weighted by molar-refractivity contribution is 6.03. The summed E-state index contributed by atoms with van der Waals surface area (Å²) >= 11 is 0. The molecular weight excluding hydrogens is 336 g/mol. The van der Waals surface area contributed by atoms with Crippen molar-refractivity contribution in [1.82, 2.24) is 0 Å². The zero-order chi connectivity index (χ0) is 18.9. The quantitative estimate of drug-likeness (QED) is 0.558. The largest absolute Gasteiger partial charge is 0.481 e. The summed E-state index contributed by atoms with van der Waals surface area (Å²) in [6, 6.07) is 17.4. The van der Waals surface area contributed by atoms with E-state index < -0.39 is 24.3 Å². The van der Waals surface area contributed by atoms with Crippen molar-refractivity contribution in [1.29, 1.82) is 0 Å². The predicted molar refractivity (Wildman–Crippen MR) is 94.1 cm³/mol. The fourth-order valence-electron chi connectivity index (χ4n) is 2.42. The second kappa shape index (κ2) is 9.17. The summed E-state index contributed by atoms with van der Waals surface area (Å²) in [5.41, 5.74) is 1.08. The Labute approximate surface area is 150 Å². The van der Waals surface area contributed by atoms with Gasteiger partial charge in [0.25, 0.3) is 0 Å². The third kappa shape index (κ3) is 5.59. The van der Waals surface area contributed by atoms with Gasteiger partial charge in [0.15, 0.2) is 0 Å². The molecular formula is C20H18O6. The first-order valence-corrected chi connectivity index (χ1v) is 7.89. The van der Waals surface area contributed by atoms with Crippen molar-refractivity contribution in [2.75, 3.05) is 0 Å². The van der Waals surface area contributed by atoms with Crippen LogP contribution in [0.15, 0.2) is 66.2 Å². The molecule has 0 amide bonds. The van der Waals surface area contributed by atoms with Crippen LogP contribution in [0.5, 0.6) is 0 Å². The van der Waals surface area contributed by atoms with Crippen LogP contribution in [0, 0.1) is 0 Å². The Balaban J connectivity index is 2.25. The maximum absolute atomic E-state index is 12.2. The summed E-state index contributed by atoms with van der Waals surface area (Å²) < 4.78 is 5.20. The van der Waals surface area contributed by atoms with Gasteiger partial charge in [-0.2, -0.15) is 0 Å². The smallest absolute Gasteiger partial charge is 0.332 e. The van der Waals surface area contributed by atoms with Crippen LogP contribution in [0.25, 0.3) is 5.57 Å². The molecule has 2 aromatic rings. The highest BCUT2D eigenvalue weighted by Gasteiger charge is 2.21. The fraction of sp³-hybridized carbons (Fsp3) is 0.150. The maximum Gasteiger partial charge on any atom is 0.332 e. The van der Waals surface area contributed by atoms with Gasteiger partial charge in [0, 0.05) is 0 Å². The van der Waals surface area contributed by atoms with Crippen LogP contribution in [0.1, 0.15) is 24.0 Å². The minimum Gasteiger partial charge on any atom is -0.481 e. The third-order valence-electron chi connectivity index (χ3n) is 3.64. The predicted octanol–water partition coefficient (Wildman–Crippen LogP) is 3.13. The van der Waals surface area contributed by atoms with Gasteiger partial charge in [-0.05, 0) is 16.7 Å². The lowest BCUT2D eigenvalue weighted by molar-refractivity contribution is -0.143. The summed E-state index contributed by atoms with van der Waals surface area (Å²) in [6.45, 7) is 0.0586. The van der Waals surface area contributed by atoms with E-state index in [0.717, 1.165) is 5.56 Å². The van der Waals surface area contributed by atoms with E-state index in [1.165, 1.54) is 0 Å². The van der Waals surface area contributed by atoms with Gasteiger partial charge in [0.05, 0.1) is 18.4 Å².